The van der Waals surface area contributed by atoms with Crippen molar-refractivity contribution in [3.05, 3.63) is 24.3 Å². The zero-order valence-corrected chi connectivity index (χ0v) is 14.0. The van der Waals surface area contributed by atoms with Gasteiger partial charge in [0.1, 0.15) is 5.75 Å². The van der Waals surface area contributed by atoms with Crippen molar-refractivity contribution in [2.24, 2.45) is 5.73 Å². The standard InChI is InChI=1S/C14H21N3O2.2ClH/c1-11(15)14(18)17-8-6-16(7-9-17)12-4-3-5-13(10-12)19-2;;/h3-5,10-11H,6-9,15H2,1-2H3;2*1H/t11-;;/m1../s1. The van der Waals surface area contributed by atoms with Crippen LogP contribution in [-0.4, -0.2) is 50.1 Å². The summed E-state index contributed by atoms with van der Waals surface area (Å²) in [6, 6.07) is 7.57. The van der Waals surface area contributed by atoms with Gasteiger partial charge in [-0.3, -0.25) is 4.79 Å². The van der Waals surface area contributed by atoms with Crippen LogP contribution in [0.25, 0.3) is 0 Å². The maximum absolute atomic E-state index is 11.8. The SMILES string of the molecule is COc1cccc(N2CCN(C(=O)[C@@H](C)N)CC2)c1.Cl.Cl. The molecule has 1 amide bonds. The summed E-state index contributed by atoms with van der Waals surface area (Å²) < 4.78 is 5.23. The van der Waals surface area contributed by atoms with Crippen LogP contribution in [0.1, 0.15) is 6.92 Å². The molecule has 1 atom stereocenters. The minimum Gasteiger partial charge on any atom is -0.497 e. The number of piperazine rings is 1. The number of hydrogen-bond acceptors (Lipinski definition) is 4. The van der Waals surface area contributed by atoms with Crippen molar-refractivity contribution in [1.82, 2.24) is 4.90 Å². The Kier molecular flexibility index (Phi) is 8.47. The molecule has 0 spiro atoms. The van der Waals surface area contributed by atoms with Gasteiger partial charge in [0.15, 0.2) is 0 Å². The number of nitrogens with zero attached hydrogens (tertiary/aromatic N) is 2. The van der Waals surface area contributed by atoms with Crippen molar-refractivity contribution in [2.45, 2.75) is 13.0 Å². The average molecular weight is 336 g/mol. The number of hydrogen-bond donors (Lipinski definition) is 1. The van der Waals surface area contributed by atoms with Gasteiger partial charge >= 0.3 is 0 Å². The Labute approximate surface area is 138 Å². The van der Waals surface area contributed by atoms with Gasteiger partial charge in [-0.05, 0) is 19.1 Å². The van der Waals surface area contributed by atoms with Crippen LogP contribution in [0.2, 0.25) is 0 Å². The minimum absolute atomic E-state index is 0. The predicted octanol–water partition coefficient (Wildman–Crippen LogP) is 1.53. The van der Waals surface area contributed by atoms with Crippen LogP contribution in [-0.2, 0) is 4.79 Å². The van der Waals surface area contributed by atoms with E-state index in [4.69, 9.17) is 10.5 Å². The Hall–Kier alpha value is -1.17. The number of nitrogens with two attached hydrogens (primary N) is 1. The molecule has 0 aromatic heterocycles. The third kappa shape index (κ3) is 4.95. The largest absolute Gasteiger partial charge is 0.497 e. The number of methoxy groups -OCH3 is 1. The van der Waals surface area contributed by atoms with Crippen LogP contribution in [0.15, 0.2) is 24.3 Å². The number of halogens is 2. The molecule has 0 aliphatic carbocycles. The third-order valence-electron chi connectivity index (χ3n) is 3.40. The van der Waals surface area contributed by atoms with E-state index < -0.39 is 6.04 Å². The molecule has 1 aliphatic rings. The van der Waals surface area contributed by atoms with Crippen molar-refractivity contribution in [3.63, 3.8) is 0 Å². The second-order valence-corrected chi connectivity index (χ2v) is 4.80. The van der Waals surface area contributed by atoms with Gasteiger partial charge in [-0.2, -0.15) is 0 Å². The Morgan fingerprint density at radius 3 is 2.38 bits per heavy atom. The number of rotatable bonds is 3. The first kappa shape index (κ1) is 19.8. The summed E-state index contributed by atoms with van der Waals surface area (Å²) in [5.74, 6) is 0.886. The van der Waals surface area contributed by atoms with Crippen molar-refractivity contribution < 1.29 is 9.53 Å². The van der Waals surface area contributed by atoms with Gasteiger partial charge in [0, 0.05) is 37.9 Å². The number of ether oxygens (including phenoxy) is 1. The van der Waals surface area contributed by atoms with Crippen LogP contribution in [0.5, 0.6) is 5.75 Å². The highest BCUT2D eigenvalue weighted by molar-refractivity contribution is 5.85. The maximum Gasteiger partial charge on any atom is 0.239 e. The smallest absolute Gasteiger partial charge is 0.239 e. The molecule has 1 aromatic carbocycles. The molecule has 5 nitrogen and oxygen atoms in total. The first-order valence-corrected chi connectivity index (χ1v) is 6.55. The van der Waals surface area contributed by atoms with Gasteiger partial charge in [0.2, 0.25) is 5.91 Å². The lowest BCUT2D eigenvalue weighted by atomic mass is 10.2. The Balaban J connectivity index is 0.00000200. The van der Waals surface area contributed by atoms with Crippen molar-refractivity contribution in [3.8, 4) is 5.75 Å². The van der Waals surface area contributed by atoms with Crippen LogP contribution in [0.3, 0.4) is 0 Å². The number of amides is 1. The minimum atomic E-state index is -0.414. The van der Waals surface area contributed by atoms with Gasteiger partial charge < -0.3 is 20.3 Å². The molecule has 0 radical (unpaired) electrons. The quantitative estimate of drug-likeness (QED) is 0.910. The van der Waals surface area contributed by atoms with Gasteiger partial charge in [-0.15, -0.1) is 24.8 Å². The van der Waals surface area contributed by atoms with Crippen molar-refractivity contribution in [1.29, 1.82) is 0 Å². The fourth-order valence-corrected chi connectivity index (χ4v) is 2.28. The molecule has 2 rings (SSSR count). The van der Waals surface area contributed by atoms with Crippen molar-refractivity contribution in [2.75, 3.05) is 38.2 Å². The zero-order valence-electron chi connectivity index (χ0n) is 12.3. The molecule has 7 heteroatoms. The van der Waals surface area contributed by atoms with E-state index in [1.165, 1.54) is 0 Å². The Morgan fingerprint density at radius 1 is 1.24 bits per heavy atom. The summed E-state index contributed by atoms with van der Waals surface area (Å²) in [6.07, 6.45) is 0. The summed E-state index contributed by atoms with van der Waals surface area (Å²) in [5, 5.41) is 0. The van der Waals surface area contributed by atoms with Gasteiger partial charge in [-0.1, -0.05) is 6.07 Å². The monoisotopic (exact) mass is 335 g/mol. The van der Waals surface area contributed by atoms with E-state index in [0.29, 0.717) is 0 Å². The summed E-state index contributed by atoms with van der Waals surface area (Å²) >= 11 is 0. The lowest BCUT2D eigenvalue weighted by Gasteiger charge is -2.36. The molecule has 1 heterocycles. The fraction of sp³-hybridized carbons (Fsp3) is 0.500. The highest BCUT2D eigenvalue weighted by Gasteiger charge is 2.23. The Morgan fingerprint density at radius 2 is 1.86 bits per heavy atom. The first-order valence-electron chi connectivity index (χ1n) is 6.55. The molecule has 0 bridgehead atoms. The molecule has 1 fully saturated rings. The van der Waals surface area contributed by atoms with Crippen LogP contribution in [0, 0.1) is 0 Å². The highest BCUT2D eigenvalue weighted by Crippen LogP contribution is 2.22. The number of benzene rings is 1. The second kappa shape index (κ2) is 8.97. The van der Waals surface area contributed by atoms with Crippen molar-refractivity contribution >= 4 is 36.4 Å². The maximum atomic E-state index is 11.8. The van der Waals surface area contributed by atoms with E-state index in [1.807, 2.05) is 23.1 Å². The highest BCUT2D eigenvalue weighted by atomic mass is 35.5. The topological polar surface area (TPSA) is 58.8 Å². The van der Waals surface area contributed by atoms with E-state index in [1.54, 1.807) is 14.0 Å². The molecule has 1 saturated heterocycles. The molecule has 0 saturated carbocycles. The number of anilines is 1. The van der Waals surface area contributed by atoms with Gasteiger partial charge in [0.25, 0.3) is 0 Å². The van der Waals surface area contributed by atoms with E-state index in [2.05, 4.69) is 11.0 Å². The first-order chi connectivity index (χ1) is 9.11. The third-order valence-corrected chi connectivity index (χ3v) is 3.40. The second-order valence-electron chi connectivity index (χ2n) is 4.80. The molecular weight excluding hydrogens is 313 g/mol. The van der Waals surface area contributed by atoms with Crippen LogP contribution >= 0.6 is 24.8 Å². The Bertz CT molecular complexity index is 450. The van der Waals surface area contributed by atoms with Crippen LogP contribution in [0.4, 0.5) is 5.69 Å². The molecule has 21 heavy (non-hydrogen) atoms. The van der Waals surface area contributed by atoms with E-state index in [0.717, 1.165) is 37.6 Å². The van der Waals surface area contributed by atoms with E-state index >= 15 is 0 Å². The summed E-state index contributed by atoms with van der Waals surface area (Å²) in [5.41, 5.74) is 6.76. The fourth-order valence-electron chi connectivity index (χ4n) is 2.28. The molecule has 1 aliphatic heterocycles. The van der Waals surface area contributed by atoms with E-state index in [-0.39, 0.29) is 30.7 Å². The average Bonchev–Trinajstić information content (AvgIpc) is 2.46. The molecule has 0 unspecified atom stereocenters. The summed E-state index contributed by atoms with van der Waals surface area (Å²) in [4.78, 5) is 15.9. The number of carbonyl (C=O) groups excluding carboxylic acids is 1. The summed E-state index contributed by atoms with van der Waals surface area (Å²) in [6.45, 7) is 4.82. The molecule has 120 valence electrons. The van der Waals surface area contributed by atoms with Gasteiger partial charge in [-0.25, -0.2) is 0 Å². The lowest BCUT2D eigenvalue weighted by molar-refractivity contribution is -0.132. The van der Waals surface area contributed by atoms with Crippen LogP contribution < -0.4 is 15.4 Å². The molecule has 2 N–H and O–H groups in total. The molecule has 1 aromatic rings. The van der Waals surface area contributed by atoms with Gasteiger partial charge in [0.05, 0.1) is 13.2 Å². The zero-order chi connectivity index (χ0) is 13.8. The number of carbonyl (C=O) groups is 1. The lowest BCUT2D eigenvalue weighted by Crippen LogP contribution is -2.52. The summed E-state index contributed by atoms with van der Waals surface area (Å²) in [7, 11) is 1.67. The van der Waals surface area contributed by atoms with E-state index in [9.17, 15) is 4.79 Å². The predicted molar refractivity (Wildman–Crippen MR) is 89.9 cm³/mol. The normalized spacial score (nSPS) is 15.6. The molecular formula is C14H23Cl2N3O2.